The van der Waals surface area contributed by atoms with Crippen LogP contribution in [0.1, 0.15) is 0 Å². The summed E-state index contributed by atoms with van der Waals surface area (Å²) in [6.45, 7) is 3.28. The zero-order valence-corrected chi connectivity index (χ0v) is 15.6. The topological polar surface area (TPSA) is 48.8 Å². The van der Waals surface area contributed by atoms with Gasteiger partial charge in [0.2, 0.25) is 11.8 Å². The van der Waals surface area contributed by atoms with Gasteiger partial charge in [0.15, 0.2) is 0 Å². The molecule has 4 rings (SSSR count). The molecule has 1 fully saturated rings. The number of carbonyl (C=O) groups is 2. The number of anilines is 1. The fourth-order valence-electron chi connectivity index (χ4n) is 3.39. The Balaban J connectivity index is 1.64. The van der Waals surface area contributed by atoms with Crippen molar-refractivity contribution in [3.8, 4) is 5.69 Å². The summed E-state index contributed by atoms with van der Waals surface area (Å²) in [5, 5.41) is 1.04. The van der Waals surface area contributed by atoms with Crippen LogP contribution in [0.5, 0.6) is 0 Å². The number of amides is 2. The van der Waals surface area contributed by atoms with Crippen molar-refractivity contribution in [3.05, 3.63) is 42.6 Å². The number of fused-ring (bicyclic) bond motifs is 3. The van der Waals surface area contributed by atoms with Crippen LogP contribution in [0.15, 0.2) is 47.6 Å². The maximum absolute atomic E-state index is 12.8. The number of hydrogen-bond donors (Lipinski definition) is 0. The second-order valence-electron chi connectivity index (χ2n) is 6.66. The van der Waals surface area contributed by atoms with E-state index in [0.29, 0.717) is 5.75 Å². The molecule has 26 heavy (non-hydrogen) atoms. The molecule has 1 aromatic carbocycles. The van der Waals surface area contributed by atoms with E-state index in [0.717, 1.165) is 42.6 Å². The molecular weight excluding hydrogens is 348 g/mol. The van der Waals surface area contributed by atoms with Crippen molar-refractivity contribution in [2.75, 3.05) is 50.4 Å². The molecular formula is C19H22N4O2S. The lowest BCUT2D eigenvalue weighted by molar-refractivity contribution is -0.132. The third-order valence-corrected chi connectivity index (χ3v) is 5.96. The number of thioether (sulfide) groups is 1. The Labute approximate surface area is 157 Å². The Kier molecular flexibility index (Phi) is 4.74. The monoisotopic (exact) mass is 370 g/mol. The third kappa shape index (κ3) is 3.24. The summed E-state index contributed by atoms with van der Waals surface area (Å²) in [5.74, 6) is 0.311. The summed E-state index contributed by atoms with van der Waals surface area (Å²) in [7, 11) is 2.06. The van der Waals surface area contributed by atoms with E-state index in [1.807, 2.05) is 47.5 Å². The minimum Gasteiger partial charge on any atom is -0.339 e. The van der Waals surface area contributed by atoms with Crippen LogP contribution in [-0.4, -0.2) is 71.7 Å². The van der Waals surface area contributed by atoms with Crippen LogP contribution in [0.4, 0.5) is 5.69 Å². The van der Waals surface area contributed by atoms with Crippen LogP contribution >= 0.6 is 11.8 Å². The summed E-state index contributed by atoms with van der Waals surface area (Å²) in [5.41, 5.74) is 1.72. The standard InChI is InChI=1S/C19H22N4O2S/c1-20-9-11-21(12-10-20)17(24)13-23-16-6-3-2-5-15(16)22-8-4-7-19(22)26-14-18(23)25/h2-8H,9-14H2,1H3. The molecule has 136 valence electrons. The number of rotatable bonds is 2. The minimum atomic E-state index is -0.0302. The molecule has 0 radical (unpaired) electrons. The first-order chi connectivity index (χ1) is 12.6. The number of aromatic nitrogens is 1. The molecule has 0 spiro atoms. The van der Waals surface area contributed by atoms with Crippen LogP contribution in [0.3, 0.4) is 0 Å². The molecule has 0 N–H and O–H groups in total. The molecule has 2 aromatic rings. The van der Waals surface area contributed by atoms with E-state index in [4.69, 9.17) is 0 Å². The Bertz CT molecular complexity index is 826. The number of likely N-dealkylation sites (N-methyl/N-ethyl adjacent to an activating group) is 1. The summed E-state index contributed by atoms with van der Waals surface area (Å²) in [6, 6.07) is 11.8. The molecule has 7 heteroatoms. The molecule has 3 heterocycles. The fraction of sp³-hybridized carbons (Fsp3) is 0.368. The number of para-hydroxylation sites is 2. The number of piperazine rings is 1. The first-order valence-electron chi connectivity index (χ1n) is 8.80. The molecule has 6 nitrogen and oxygen atoms in total. The molecule has 0 bridgehead atoms. The lowest BCUT2D eigenvalue weighted by Gasteiger charge is -2.34. The molecule has 0 saturated carbocycles. The van der Waals surface area contributed by atoms with Gasteiger partial charge in [-0.15, -0.1) is 0 Å². The average Bonchev–Trinajstić information content (AvgIpc) is 3.12. The molecule has 1 saturated heterocycles. The Morgan fingerprint density at radius 2 is 1.77 bits per heavy atom. The van der Waals surface area contributed by atoms with Crippen LogP contribution in [-0.2, 0) is 9.59 Å². The molecule has 0 atom stereocenters. The van der Waals surface area contributed by atoms with Crippen LogP contribution in [0.25, 0.3) is 5.69 Å². The van der Waals surface area contributed by atoms with Crippen molar-refractivity contribution in [2.24, 2.45) is 0 Å². The highest BCUT2D eigenvalue weighted by molar-refractivity contribution is 7.99. The number of benzene rings is 1. The maximum atomic E-state index is 12.8. The average molecular weight is 370 g/mol. The van der Waals surface area contributed by atoms with Gasteiger partial charge in [0.05, 0.1) is 22.2 Å². The zero-order valence-electron chi connectivity index (χ0n) is 14.8. The van der Waals surface area contributed by atoms with E-state index in [2.05, 4.69) is 16.5 Å². The molecule has 1 aromatic heterocycles. The predicted octanol–water partition coefficient (Wildman–Crippen LogP) is 1.69. The molecule has 2 amide bonds. The highest BCUT2D eigenvalue weighted by atomic mass is 32.2. The summed E-state index contributed by atoms with van der Waals surface area (Å²) in [4.78, 5) is 31.4. The third-order valence-electron chi connectivity index (χ3n) is 4.94. The summed E-state index contributed by atoms with van der Waals surface area (Å²) >= 11 is 1.51. The van der Waals surface area contributed by atoms with Crippen LogP contribution in [0.2, 0.25) is 0 Å². The van der Waals surface area contributed by atoms with Crippen LogP contribution in [0, 0.1) is 0 Å². The SMILES string of the molecule is CN1CCN(C(=O)CN2C(=O)CSc3cccn3-c3ccccc32)CC1. The first kappa shape index (κ1) is 17.2. The number of hydrogen-bond acceptors (Lipinski definition) is 4. The highest BCUT2D eigenvalue weighted by Crippen LogP contribution is 2.33. The van der Waals surface area contributed by atoms with Crippen molar-refractivity contribution < 1.29 is 9.59 Å². The van der Waals surface area contributed by atoms with Crippen LogP contribution < -0.4 is 4.90 Å². The van der Waals surface area contributed by atoms with Gasteiger partial charge in [-0.3, -0.25) is 9.59 Å². The fourth-order valence-corrected chi connectivity index (χ4v) is 4.29. The van der Waals surface area contributed by atoms with E-state index < -0.39 is 0 Å². The van der Waals surface area contributed by atoms with Gasteiger partial charge in [-0.25, -0.2) is 0 Å². The van der Waals surface area contributed by atoms with Crippen molar-refractivity contribution in [1.82, 2.24) is 14.4 Å². The van der Waals surface area contributed by atoms with E-state index in [-0.39, 0.29) is 18.4 Å². The van der Waals surface area contributed by atoms with E-state index in [1.54, 1.807) is 4.90 Å². The van der Waals surface area contributed by atoms with Gasteiger partial charge < -0.3 is 19.3 Å². The number of nitrogens with zero attached hydrogens (tertiary/aromatic N) is 4. The van der Waals surface area contributed by atoms with Crippen molar-refractivity contribution >= 4 is 29.3 Å². The maximum Gasteiger partial charge on any atom is 0.242 e. The van der Waals surface area contributed by atoms with Gasteiger partial charge in [0.25, 0.3) is 0 Å². The second-order valence-corrected chi connectivity index (χ2v) is 7.65. The molecule has 0 aliphatic carbocycles. The van der Waals surface area contributed by atoms with Gasteiger partial charge in [0, 0.05) is 32.4 Å². The zero-order chi connectivity index (χ0) is 18.1. The van der Waals surface area contributed by atoms with Gasteiger partial charge in [0.1, 0.15) is 6.54 Å². The van der Waals surface area contributed by atoms with Gasteiger partial charge in [-0.1, -0.05) is 23.9 Å². The largest absolute Gasteiger partial charge is 0.339 e. The number of carbonyl (C=O) groups excluding carboxylic acids is 2. The summed E-state index contributed by atoms with van der Waals surface area (Å²) < 4.78 is 2.08. The quantitative estimate of drug-likeness (QED) is 0.807. The first-order valence-corrected chi connectivity index (χ1v) is 9.78. The Morgan fingerprint density at radius 1 is 1.04 bits per heavy atom. The van der Waals surface area contributed by atoms with Gasteiger partial charge in [-0.2, -0.15) is 0 Å². The predicted molar refractivity (Wildman–Crippen MR) is 103 cm³/mol. The van der Waals surface area contributed by atoms with Crippen molar-refractivity contribution in [1.29, 1.82) is 0 Å². The lowest BCUT2D eigenvalue weighted by atomic mass is 10.2. The Morgan fingerprint density at radius 3 is 2.54 bits per heavy atom. The van der Waals surface area contributed by atoms with E-state index >= 15 is 0 Å². The smallest absolute Gasteiger partial charge is 0.242 e. The van der Waals surface area contributed by atoms with Gasteiger partial charge in [-0.05, 0) is 31.3 Å². The molecule has 2 aliphatic rings. The van der Waals surface area contributed by atoms with Gasteiger partial charge >= 0.3 is 0 Å². The normalized spacial score (nSPS) is 18.1. The lowest BCUT2D eigenvalue weighted by Crippen LogP contribution is -2.51. The Hall–Kier alpha value is -2.25. The van der Waals surface area contributed by atoms with E-state index in [1.165, 1.54) is 11.8 Å². The second kappa shape index (κ2) is 7.17. The molecule has 0 unspecified atom stereocenters. The van der Waals surface area contributed by atoms with Crippen molar-refractivity contribution in [3.63, 3.8) is 0 Å². The summed E-state index contributed by atoms with van der Waals surface area (Å²) in [6.07, 6.45) is 2.00. The van der Waals surface area contributed by atoms with E-state index in [9.17, 15) is 9.59 Å². The highest BCUT2D eigenvalue weighted by Gasteiger charge is 2.28. The molecule has 2 aliphatic heterocycles. The van der Waals surface area contributed by atoms with Crippen molar-refractivity contribution in [2.45, 2.75) is 5.03 Å². The minimum absolute atomic E-state index is 0.0135.